The summed E-state index contributed by atoms with van der Waals surface area (Å²) in [5.41, 5.74) is 2.37. The average molecular weight is 416 g/mol. The summed E-state index contributed by atoms with van der Waals surface area (Å²) < 4.78 is 37.9. The first-order valence-corrected chi connectivity index (χ1v) is 10.7. The molecule has 2 aromatic carbocycles. The zero-order valence-corrected chi connectivity index (χ0v) is 17.2. The van der Waals surface area contributed by atoms with Gasteiger partial charge in [-0.05, 0) is 42.8 Å². The van der Waals surface area contributed by atoms with E-state index in [4.69, 9.17) is 9.47 Å². The van der Waals surface area contributed by atoms with Gasteiger partial charge in [0.05, 0.1) is 20.3 Å². The highest BCUT2D eigenvalue weighted by molar-refractivity contribution is 7.89. The summed E-state index contributed by atoms with van der Waals surface area (Å²) in [6.45, 7) is 3.29. The third-order valence-corrected chi connectivity index (χ3v) is 6.44. The molecule has 0 spiro atoms. The Balaban J connectivity index is 1.79. The predicted molar refractivity (Wildman–Crippen MR) is 111 cm³/mol. The lowest BCUT2D eigenvalue weighted by Gasteiger charge is -2.26. The predicted octanol–water partition coefficient (Wildman–Crippen LogP) is 2.68. The molecular formula is C21H24N2O5S. The van der Waals surface area contributed by atoms with Crippen LogP contribution in [-0.2, 0) is 19.6 Å². The van der Waals surface area contributed by atoms with E-state index >= 15 is 0 Å². The highest BCUT2D eigenvalue weighted by Gasteiger charge is 2.29. The number of carbonyl (C=O) groups is 1. The number of ether oxygens (including phenoxy) is 2. The number of amides is 1. The molecule has 1 heterocycles. The number of nitrogens with one attached hydrogen (secondary N) is 1. The van der Waals surface area contributed by atoms with Crippen molar-refractivity contribution in [3.05, 3.63) is 59.7 Å². The van der Waals surface area contributed by atoms with Gasteiger partial charge in [-0.2, -0.15) is 4.31 Å². The largest absolute Gasteiger partial charge is 0.495 e. The number of methoxy groups -OCH3 is 1. The van der Waals surface area contributed by atoms with E-state index < -0.39 is 10.0 Å². The molecule has 0 aliphatic carbocycles. The summed E-state index contributed by atoms with van der Waals surface area (Å²) in [6, 6.07) is 12.3. The molecular weight excluding hydrogens is 392 g/mol. The fraction of sp³-hybridized carbons (Fsp3) is 0.286. The average Bonchev–Trinajstić information content (AvgIpc) is 2.74. The Morgan fingerprint density at radius 2 is 1.83 bits per heavy atom. The van der Waals surface area contributed by atoms with Gasteiger partial charge < -0.3 is 14.8 Å². The molecule has 1 N–H and O–H groups in total. The van der Waals surface area contributed by atoms with Gasteiger partial charge in [-0.3, -0.25) is 4.79 Å². The third kappa shape index (κ3) is 5.23. The number of benzene rings is 2. The zero-order chi connectivity index (χ0) is 20.9. The van der Waals surface area contributed by atoms with Crippen molar-refractivity contribution in [2.75, 3.05) is 38.7 Å². The molecule has 1 fully saturated rings. The molecule has 29 heavy (non-hydrogen) atoms. The lowest BCUT2D eigenvalue weighted by Crippen LogP contribution is -2.40. The molecule has 0 unspecified atom stereocenters. The first-order valence-electron chi connectivity index (χ1n) is 9.22. The normalized spacial score (nSPS) is 15.4. The number of hydrogen-bond donors (Lipinski definition) is 1. The maximum atomic E-state index is 13.0. The molecule has 7 nitrogen and oxygen atoms in total. The minimum absolute atomic E-state index is 0.0722. The van der Waals surface area contributed by atoms with E-state index in [2.05, 4.69) is 5.32 Å². The van der Waals surface area contributed by atoms with Gasteiger partial charge in [0.2, 0.25) is 15.9 Å². The molecule has 0 saturated carbocycles. The third-order valence-electron chi connectivity index (χ3n) is 4.52. The number of aryl methyl sites for hydroxylation is 1. The van der Waals surface area contributed by atoms with E-state index in [1.165, 1.54) is 23.6 Å². The van der Waals surface area contributed by atoms with Gasteiger partial charge in [0.15, 0.2) is 0 Å². The maximum absolute atomic E-state index is 13.0. The first-order chi connectivity index (χ1) is 13.9. The van der Waals surface area contributed by atoms with Crippen LogP contribution in [0.25, 0.3) is 6.08 Å². The molecule has 1 aliphatic rings. The van der Waals surface area contributed by atoms with Crippen molar-refractivity contribution in [2.45, 2.75) is 11.8 Å². The quantitative estimate of drug-likeness (QED) is 0.732. The number of morpholine rings is 1. The molecule has 0 bridgehead atoms. The number of carbonyl (C=O) groups excluding carboxylic acids is 1. The molecule has 154 valence electrons. The molecule has 0 aromatic heterocycles. The van der Waals surface area contributed by atoms with Crippen LogP contribution >= 0.6 is 0 Å². The molecule has 1 saturated heterocycles. The van der Waals surface area contributed by atoms with Crippen molar-refractivity contribution in [3.63, 3.8) is 0 Å². The monoisotopic (exact) mass is 416 g/mol. The Hall–Kier alpha value is -2.68. The molecule has 1 aliphatic heterocycles. The molecule has 0 radical (unpaired) electrons. The van der Waals surface area contributed by atoms with Crippen molar-refractivity contribution >= 4 is 27.7 Å². The fourth-order valence-corrected chi connectivity index (χ4v) is 4.52. The van der Waals surface area contributed by atoms with Gasteiger partial charge in [-0.25, -0.2) is 8.42 Å². The molecule has 8 heteroatoms. The second kappa shape index (κ2) is 9.21. The fourth-order valence-electron chi connectivity index (χ4n) is 2.92. The molecule has 1 amide bonds. The second-order valence-corrected chi connectivity index (χ2v) is 8.52. The van der Waals surface area contributed by atoms with Crippen LogP contribution in [0.3, 0.4) is 0 Å². The van der Waals surface area contributed by atoms with Crippen LogP contribution in [0.15, 0.2) is 53.4 Å². The van der Waals surface area contributed by atoms with Crippen molar-refractivity contribution in [2.24, 2.45) is 0 Å². The van der Waals surface area contributed by atoms with Gasteiger partial charge in [0, 0.05) is 24.9 Å². The van der Waals surface area contributed by atoms with E-state index in [9.17, 15) is 13.2 Å². The lowest BCUT2D eigenvalue weighted by atomic mass is 10.2. The summed E-state index contributed by atoms with van der Waals surface area (Å²) >= 11 is 0. The van der Waals surface area contributed by atoms with E-state index in [0.29, 0.717) is 37.6 Å². The van der Waals surface area contributed by atoms with Crippen LogP contribution in [0.5, 0.6) is 5.75 Å². The van der Waals surface area contributed by atoms with E-state index in [-0.39, 0.29) is 16.6 Å². The second-order valence-electron chi connectivity index (χ2n) is 6.62. The lowest BCUT2D eigenvalue weighted by molar-refractivity contribution is -0.111. The van der Waals surface area contributed by atoms with Crippen molar-refractivity contribution in [1.29, 1.82) is 0 Å². The SMILES string of the molecule is COc1ccc(/C=C/C(=O)Nc2ccc(C)cc2)cc1S(=O)(=O)N1CCOCC1. The van der Waals surface area contributed by atoms with Crippen molar-refractivity contribution in [3.8, 4) is 5.75 Å². The number of rotatable bonds is 6. The number of hydrogen-bond acceptors (Lipinski definition) is 5. The number of nitrogens with zero attached hydrogens (tertiary/aromatic N) is 1. The van der Waals surface area contributed by atoms with Gasteiger partial charge >= 0.3 is 0 Å². The highest BCUT2D eigenvalue weighted by atomic mass is 32.2. The van der Waals surface area contributed by atoms with Gasteiger partial charge in [-0.1, -0.05) is 23.8 Å². The summed E-state index contributed by atoms with van der Waals surface area (Å²) in [7, 11) is -2.30. The highest BCUT2D eigenvalue weighted by Crippen LogP contribution is 2.28. The maximum Gasteiger partial charge on any atom is 0.248 e. The van der Waals surface area contributed by atoms with Crippen LogP contribution in [0.2, 0.25) is 0 Å². The van der Waals surface area contributed by atoms with Gasteiger partial charge in [-0.15, -0.1) is 0 Å². The van der Waals surface area contributed by atoms with Crippen molar-refractivity contribution < 1.29 is 22.7 Å². The van der Waals surface area contributed by atoms with Crippen LogP contribution in [-0.4, -0.2) is 52.0 Å². The van der Waals surface area contributed by atoms with Crippen LogP contribution < -0.4 is 10.1 Å². The van der Waals surface area contributed by atoms with E-state index in [0.717, 1.165) is 5.56 Å². The molecule has 2 aromatic rings. The molecule has 3 rings (SSSR count). The van der Waals surface area contributed by atoms with E-state index in [1.807, 2.05) is 31.2 Å². The summed E-state index contributed by atoms with van der Waals surface area (Å²) in [6.07, 6.45) is 2.94. The summed E-state index contributed by atoms with van der Waals surface area (Å²) in [5.74, 6) is -0.0417. The Morgan fingerprint density at radius 1 is 1.14 bits per heavy atom. The number of sulfonamides is 1. The Morgan fingerprint density at radius 3 is 2.48 bits per heavy atom. The van der Waals surface area contributed by atoms with E-state index in [1.54, 1.807) is 18.2 Å². The Bertz CT molecular complexity index is 994. The minimum atomic E-state index is -3.72. The van der Waals surface area contributed by atoms with Gasteiger partial charge in [0.1, 0.15) is 10.6 Å². The van der Waals surface area contributed by atoms with Gasteiger partial charge in [0.25, 0.3) is 0 Å². The topological polar surface area (TPSA) is 84.9 Å². The summed E-state index contributed by atoms with van der Waals surface area (Å²) in [5, 5.41) is 2.77. The molecule has 0 atom stereocenters. The van der Waals surface area contributed by atoms with Crippen LogP contribution in [0.1, 0.15) is 11.1 Å². The Kier molecular flexibility index (Phi) is 6.68. The Labute approximate surface area is 171 Å². The zero-order valence-electron chi connectivity index (χ0n) is 16.4. The van der Waals surface area contributed by atoms with Crippen LogP contribution in [0.4, 0.5) is 5.69 Å². The van der Waals surface area contributed by atoms with Crippen molar-refractivity contribution in [1.82, 2.24) is 4.31 Å². The number of anilines is 1. The first kappa shape index (κ1) is 21.0. The standard InChI is InChI=1S/C21H24N2O5S/c1-16-3-7-18(8-4-16)22-21(24)10-6-17-5-9-19(27-2)20(15-17)29(25,26)23-11-13-28-14-12-23/h3-10,15H,11-14H2,1-2H3,(H,22,24)/b10-6+. The smallest absolute Gasteiger partial charge is 0.248 e. The minimum Gasteiger partial charge on any atom is -0.495 e. The van der Waals surface area contributed by atoms with Crippen LogP contribution in [0, 0.1) is 6.92 Å². The summed E-state index contributed by atoms with van der Waals surface area (Å²) in [4.78, 5) is 12.2.